The molecule has 0 radical (unpaired) electrons. The second-order valence-corrected chi connectivity index (χ2v) is 7.49. The van der Waals surface area contributed by atoms with Crippen molar-refractivity contribution in [1.29, 1.82) is 0 Å². The second kappa shape index (κ2) is 7.21. The summed E-state index contributed by atoms with van der Waals surface area (Å²) in [5.74, 6) is 0.785. The Morgan fingerprint density at radius 2 is 2.11 bits per heavy atom. The number of hydrogen-bond donors (Lipinski definition) is 0. The van der Waals surface area contributed by atoms with Crippen LogP contribution in [0.15, 0.2) is 16.3 Å². The van der Waals surface area contributed by atoms with Gasteiger partial charge in [0.25, 0.3) is 0 Å². The summed E-state index contributed by atoms with van der Waals surface area (Å²) < 4.78 is 1.92. The number of nitrogens with zero attached hydrogens (tertiary/aromatic N) is 2. The van der Waals surface area contributed by atoms with Crippen molar-refractivity contribution < 1.29 is 0 Å². The lowest BCUT2D eigenvalue weighted by atomic mass is 9.83. The van der Waals surface area contributed by atoms with Crippen LogP contribution < -0.4 is 0 Å². The van der Waals surface area contributed by atoms with Crippen molar-refractivity contribution in [2.45, 2.75) is 60.4 Å². The number of allylic oxidation sites excluding steroid dienone is 1. The molecule has 1 unspecified atom stereocenters. The van der Waals surface area contributed by atoms with Gasteiger partial charge >= 0.3 is 0 Å². The molecule has 19 heavy (non-hydrogen) atoms. The predicted molar refractivity (Wildman–Crippen MR) is 94.1 cm³/mol. The number of hydrogen-bond acceptors (Lipinski definition) is 2. The predicted octanol–water partition coefficient (Wildman–Crippen LogP) is 4.89. The normalized spacial score (nSPS) is 25.4. The van der Waals surface area contributed by atoms with E-state index in [0.717, 1.165) is 12.5 Å². The molecule has 0 aromatic carbocycles. The Hall–Kier alpha value is 0.1000. The van der Waals surface area contributed by atoms with Gasteiger partial charge < -0.3 is 0 Å². The van der Waals surface area contributed by atoms with Gasteiger partial charge in [0.2, 0.25) is 0 Å². The molecule has 0 N–H and O–H groups in total. The smallest absolute Gasteiger partial charge is 0.0654 e. The second-order valence-electron chi connectivity index (χ2n) is 6.93. The summed E-state index contributed by atoms with van der Waals surface area (Å²) in [5, 5.41) is 0. The van der Waals surface area contributed by atoms with E-state index in [-0.39, 0.29) is 5.41 Å². The highest BCUT2D eigenvalue weighted by Gasteiger charge is 2.29. The third kappa shape index (κ3) is 4.85. The van der Waals surface area contributed by atoms with Crippen LogP contribution in [0.4, 0.5) is 0 Å². The molecule has 3 heteroatoms. The van der Waals surface area contributed by atoms with Crippen LogP contribution in [0, 0.1) is 11.3 Å². The molecule has 1 fully saturated rings. The Bertz CT molecular complexity index is 350. The Labute approximate surface area is 132 Å². The van der Waals surface area contributed by atoms with Crippen LogP contribution in [-0.4, -0.2) is 28.3 Å². The minimum Gasteiger partial charge on any atom is -0.297 e. The maximum atomic E-state index is 4.70. The lowest BCUT2D eigenvalue weighted by Gasteiger charge is -2.38. The van der Waals surface area contributed by atoms with Crippen LogP contribution >= 0.6 is 22.6 Å². The molecule has 1 rings (SSSR count). The van der Waals surface area contributed by atoms with Gasteiger partial charge in [0.05, 0.1) is 4.22 Å². The van der Waals surface area contributed by atoms with Crippen LogP contribution in [0.5, 0.6) is 0 Å². The van der Waals surface area contributed by atoms with Gasteiger partial charge in [-0.3, -0.25) is 9.89 Å². The summed E-state index contributed by atoms with van der Waals surface area (Å²) in [6.07, 6.45) is 2.48. The van der Waals surface area contributed by atoms with Gasteiger partial charge in [-0.1, -0.05) is 34.1 Å². The topological polar surface area (TPSA) is 15.6 Å². The van der Waals surface area contributed by atoms with Crippen molar-refractivity contribution in [2.75, 3.05) is 13.1 Å². The van der Waals surface area contributed by atoms with E-state index in [1.54, 1.807) is 5.57 Å². The zero-order valence-electron chi connectivity index (χ0n) is 13.3. The molecule has 2 nitrogen and oxygen atoms in total. The number of aliphatic imine (C=N–C) groups is 1. The molecule has 1 atom stereocenters. The molecule has 0 bridgehead atoms. The van der Waals surface area contributed by atoms with Gasteiger partial charge in [0, 0.05) is 30.2 Å². The summed E-state index contributed by atoms with van der Waals surface area (Å²) in [7, 11) is 0. The first-order valence-corrected chi connectivity index (χ1v) is 8.63. The third-order valence-corrected chi connectivity index (χ3v) is 4.23. The van der Waals surface area contributed by atoms with E-state index in [1.807, 2.05) is 4.22 Å². The quantitative estimate of drug-likeness (QED) is 0.506. The first-order chi connectivity index (χ1) is 8.79. The van der Waals surface area contributed by atoms with Gasteiger partial charge in [-0.05, 0) is 54.4 Å². The lowest BCUT2D eigenvalue weighted by Crippen LogP contribution is -2.41. The molecule has 0 amide bonds. The third-order valence-electron chi connectivity index (χ3n) is 3.95. The monoisotopic (exact) mass is 376 g/mol. The van der Waals surface area contributed by atoms with Crippen LogP contribution in [-0.2, 0) is 0 Å². The van der Waals surface area contributed by atoms with Crippen LogP contribution in [0.1, 0.15) is 54.4 Å². The number of piperidine rings is 1. The molecule has 0 spiro atoms. The van der Waals surface area contributed by atoms with E-state index >= 15 is 0 Å². The summed E-state index contributed by atoms with van der Waals surface area (Å²) in [6.45, 7) is 16.1. The molecule has 1 heterocycles. The van der Waals surface area contributed by atoms with E-state index < -0.39 is 0 Å². The highest BCUT2D eigenvalue weighted by Crippen LogP contribution is 2.35. The fourth-order valence-electron chi connectivity index (χ4n) is 2.82. The molecule has 110 valence electrons. The standard InChI is InChI=1S/C16H29IN2/c1-7-13-8-14(10-19(9-13)12(2)3)15(18-11-17)16(4,5)6/h11-13H,7-10H2,1-6H3/b15-14-,18-11+. The molecule has 0 saturated carbocycles. The highest BCUT2D eigenvalue weighted by molar-refractivity contribution is 14.1. The molecule has 0 aliphatic carbocycles. The van der Waals surface area contributed by atoms with E-state index in [4.69, 9.17) is 4.99 Å². The fourth-order valence-corrected chi connectivity index (χ4v) is 3.10. The first kappa shape index (κ1) is 17.2. The first-order valence-electron chi connectivity index (χ1n) is 7.38. The van der Waals surface area contributed by atoms with Crippen LogP contribution in [0.3, 0.4) is 0 Å². The van der Waals surface area contributed by atoms with E-state index in [9.17, 15) is 0 Å². The van der Waals surface area contributed by atoms with Gasteiger partial charge in [0.1, 0.15) is 0 Å². The Morgan fingerprint density at radius 3 is 2.53 bits per heavy atom. The molecule has 0 aromatic rings. The SMILES string of the molecule is CCC1C/C(=C(/N=C/I)C(C)(C)C)CN(C(C)C)C1. The largest absolute Gasteiger partial charge is 0.297 e. The average Bonchev–Trinajstić information content (AvgIpc) is 2.33. The van der Waals surface area contributed by atoms with E-state index in [1.165, 1.54) is 25.1 Å². The summed E-state index contributed by atoms with van der Waals surface area (Å²) in [4.78, 5) is 7.29. The fraction of sp³-hybridized carbons (Fsp3) is 0.812. The molecular formula is C16H29IN2. The number of rotatable bonds is 3. The maximum absolute atomic E-state index is 4.70. The highest BCUT2D eigenvalue weighted by atomic mass is 127. The van der Waals surface area contributed by atoms with Crippen molar-refractivity contribution >= 4 is 26.8 Å². The van der Waals surface area contributed by atoms with Gasteiger partial charge in [-0.2, -0.15) is 0 Å². The molecule has 1 aliphatic heterocycles. The molecule has 1 saturated heterocycles. The van der Waals surface area contributed by atoms with Crippen molar-refractivity contribution in [2.24, 2.45) is 16.3 Å². The Balaban J connectivity index is 3.12. The van der Waals surface area contributed by atoms with Gasteiger partial charge in [0.15, 0.2) is 0 Å². The van der Waals surface area contributed by atoms with Gasteiger partial charge in [-0.15, -0.1) is 0 Å². The van der Waals surface area contributed by atoms with Crippen molar-refractivity contribution in [3.8, 4) is 0 Å². The lowest BCUT2D eigenvalue weighted by molar-refractivity contribution is 0.167. The minimum absolute atomic E-state index is 0.134. The number of halogens is 1. The summed E-state index contributed by atoms with van der Waals surface area (Å²) in [6, 6.07) is 0.620. The zero-order valence-corrected chi connectivity index (χ0v) is 15.5. The number of likely N-dealkylation sites (tertiary alicyclic amines) is 1. The minimum atomic E-state index is 0.134. The van der Waals surface area contributed by atoms with Crippen molar-refractivity contribution in [3.63, 3.8) is 0 Å². The van der Waals surface area contributed by atoms with Crippen LogP contribution in [0.25, 0.3) is 0 Å². The molecule has 1 aliphatic rings. The molecular weight excluding hydrogens is 347 g/mol. The van der Waals surface area contributed by atoms with E-state index in [0.29, 0.717) is 6.04 Å². The summed E-state index contributed by atoms with van der Waals surface area (Å²) in [5.41, 5.74) is 2.98. The Morgan fingerprint density at radius 1 is 1.47 bits per heavy atom. The zero-order chi connectivity index (χ0) is 14.6. The average molecular weight is 376 g/mol. The van der Waals surface area contributed by atoms with E-state index in [2.05, 4.69) is 69.0 Å². The maximum Gasteiger partial charge on any atom is 0.0654 e. The van der Waals surface area contributed by atoms with Crippen LogP contribution in [0.2, 0.25) is 0 Å². The Kier molecular flexibility index (Phi) is 6.51. The van der Waals surface area contributed by atoms with Crippen molar-refractivity contribution in [1.82, 2.24) is 4.90 Å². The van der Waals surface area contributed by atoms with Crippen molar-refractivity contribution in [3.05, 3.63) is 11.3 Å². The molecule has 0 aromatic heterocycles. The summed E-state index contributed by atoms with van der Waals surface area (Å²) >= 11 is 2.23. The van der Waals surface area contributed by atoms with Gasteiger partial charge in [-0.25, -0.2) is 0 Å².